The highest BCUT2D eigenvalue weighted by atomic mass is 19.4. The van der Waals surface area contributed by atoms with Crippen LogP contribution in [0, 0.1) is 0 Å². The third-order valence-corrected chi connectivity index (χ3v) is 0.703. The van der Waals surface area contributed by atoms with Crippen LogP contribution in [0.5, 0.6) is 0 Å². The van der Waals surface area contributed by atoms with Crippen molar-refractivity contribution in [2.45, 2.75) is 12.6 Å². The summed E-state index contributed by atoms with van der Waals surface area (Å²) in [5.41, 5.74) is -0.951. The summed E-state index contributed by atoms with van der Waals surface area (Å²) < 4.78 is 33.9. The van der Waals surface area contributed by atoms with Gasteiger partial charge in [-0.05, 0) is 5.57 Å². The first kappa shape index (κ1) is 9.00. The lowest BCUT2D eigenvalue weighted by atomic mass is 10.2. The number of carboxylic acids is 1. The van der Waals surface area contributed by atoms with Gasteiger partial charge in [0, 0.05) is 0 Å². The van der Waals surface area contributed by atoms with E-state index in [1.165, 1.54) is 0 Å². The molecule has 0 spiro atoms. The summed E-state index contributed by atoms with van der Waals surface area (Å²) in [6, 6.07) is 0. The van der Waals surface area contributed by atoms with Gasteiger partial charge in [-0.3, -0.25) is 0 Å². The molecule has 0 amide bonds. The van der Waals surface area contributed by atoms with Crippen LogP contribution in [0.15, 0.2) is 12.2 Å². The highest BCUT2D eigenvalue weighted by Crippen LogP contribution is 2.22. The number of carboxylic acid groups (broad SMARTS) is 1. The van der Waals surface area contributed by atoms with Crippen molar-refractivity contribution in [3.8, 4) is 0 Å². The molecule has 0 saturated heterocycles. The molecule has 0 N–H and O–H groups in total. The molecule has 10 heavy (non-hydrogen) atoms. The van der Waals surface area contributed by atoms with Crippen molar-refractivity contribution < 1.29 is 23.1 Å². The van der Waals surface area contributed by atoms with Gasteiger partial charge in [0.25, 0.3) is 0 Å². The molecule has 0 bridgehead atoms. The maximum atomic E-state index is 11.3. The van der Waals surface area contributed by atoms with Crippen LogP contribution < -0.4 is 5.11 Å². The van der Waals surface area contributed by atoms with Gasteiger partial charge in [0.05, 0.1) is 12.4 Å². The number of hydrogen-bond donors (Lipinski definition) is 0. The molecule has 0 fully saturated rings. The highest BCUT2D eigenvalue weighted by Gasteiger charge is 2.28. The number of carbonyl (C=O) groups is 1. The van der Waals surface area contributed by atoms with Crippen molar-refractivity contribution >= 4 is 5.97 Å². The van der Waals surface area contributed by atoms with Crippen LogP contribution >= 0.6 is 0 Å². The van der Waals surface area contributed by atoms with Gasteiger partial charge in [-0.15, -0.1) is 0 Å². The van der Waals surface area contributed by atoms with Crippen molar-refractivity contribution in [3.63, 3.8) is 0 Å². The molecule has 0 aromatic heterocycles. The van der Waals surface area contributed by atoms with Crippen LogP contribution in [0.1, 0.15) is 6.42 Å². The number of aliphatic carboxylic acids is 1. The van der Waals surface area contributed by atoms with Gasteiger partial charge in [-0.1, -0.05) is 6.58 Å². The summed E-state index contributed by atoms with van der Waals surface area (Å²) >= 11 is 0. The first-order valence-electron chi connectivity index (χ1n) is 2.29. The highest BCUT2D eigenvalue weighted by molar-refractivity contribution is 5.83. The molecule has 0 unspecified atom stereocenters. The zero-order valence-corrected chi connectivity index (χ0v) is 4.86. The van der Waals surface area contributed by atoms with Crippen molar-refractivity contribution in [1.29, 1.82) is 0 Å². The lowest BCUT2D eigenvalue weighted by Gasteiger charge is -2.08. The van der Waals surface area contributed by atoms with Crippen LogP contribution in [-0.2, 0) is 4.79 Å². The molecule has 0 aromatic rings. The van der Waals surface area contributed by atoms with Gasteiger partial charge in [0.15, 0.2) is 0 Å². The van der Waals surface area contributed by atoms with Crippen LogP contribution in [0.3, 0.4) is 0 Å². The van der Waals surface area contributed by atoms with Gasteiger partial charge in [0.1, 0.15) is 0 Å². The third-order valence-electron chi connectivity index (χ3n) is 0.703. The van der Waals surface area contributed by atoms with Crippen molar-refractivity contribution in [2.24, 2.45) is 0 Å². The summed E-state index contributed by atoms with van der Waals surface area (Å²) in [5, 5.41) is 9.67. The first-order valence-corrected chi connectivity index (χ1v) is 2.29. The first-order chi connectivity index (χ1) is 4.33. The number of carbonyl (C=O) groups excluding carboxylic acids is 1. The van der Waals surface area contributed by atoms with Gasteiger partial charge in [-0.25, -0.2) is 0 Å². The smallest absolute Gasteiger partial charge is 0.393 e. The predicted molar refractivity (Wildman–Crippen MR) is 24.8 cm³/mol. The Balaban J connectivity index is 3.93. The van der Waals surface area contributed by atoms with E-state index in [-0.39, 0.29) is 0 Å². The molecule has 0 aliphatic carbocycles. The van der Waals surface area contributed by atoms with Crippen LogP contribution in [0.2, 0.25) is 0 Å². The lowest BCUT2D eigenvalue weighted by molar-refractivity contribution is -0.300. The van der Waals surface area contributed by atoms with Gasteiger partial charge in [0.2, 0.25) is 0 Å². The molecule has 0 aliphatic rings. The minimum atomic E-state index is -4.52. The standard InChI is InChI=1S/C5H5F3O2/c1-3(4(9)10)2-5(6,7)8/h1-2H2,(H,9,10)/p-1. The second kappa shape index (κ2) is 2.72. The summed E-state index contributed by atoms with van der Waals surface area (Å²) in [7, 11) is 0. The Morgan fingerprint density at radius 2 is 1.90 bits per heavy atom. The Labute approximate surface area is 55.0 Å². The number of rotatable bonds is 2. The van der Waals surface area contributed by atoms with Crippen LogP contribution in [0.4, 0.5) is 13.2 Å². The molecule has 0 radical (unpaired) electrons. The maximum Gasteiger partial charge on any atom is 0.393 e. The lowest BCUT2D eigenvalue weighted by Crippen LogP contribution is -2.26. The van der Waals surface area contributed by atoms with Crippen LogP contribution in [0.25, 0.3) is 0 Å². The van der Waals surface area contributed by atoms with E-state index in [0.29, 0.717) is 0 Å². The Morgan fingerprint density at radius 1 is 1.50 bits per heavy atom. The predicted octanol–water partition coefficient (Wildman–Crippen LogP) is 0.245. The van der Waals surface area contributed by atoms with Gasteiger partial charge in [-0.2, -0.15) is 13.2 Å². The Hall–Kier alpha value is -1.00. The average molecular weight is 153 g/mol. The largest absolute Gasteiger partial charge is 0.545 e. The van der Waals surface area contributed by atoms with Crippen molar-refractivity contribution in [3.05, 3.63) is 12.2 Å². The molecule has 0 atom stereocenters. The molecule has 0 saturated carbocycles. The van der Waals surface area contributed by atoms with E-state index in [0.717, 1.165) is 0 Å². The van der Waals surface area contributed by atoms with E-state index in [4.69, 9.17) is 0 Å². The summed E-state index contributed by atoms with van der Waals surface area (Å²) in [6.45, 7) is 2.66. The van der Waals surface area contributed by atoms with Gasteiger partial charge < -0.3 is 9.90 Å². The fourth-order valence-corrected chi connectivity index (χ4v) is 0.314. The van der Waals surface area contributed by atoms with E-state index in [1.54, 1.807) is 0 Å². The second-order valence-electron chi connectivity index (χ2n) is 1.68. The molecule has 0 aromatic carbocycles. The number of halogens is 3. The summed E-state index contributed by atoms with van der Waals surface area (Å²) in [6.07, 6.45) is -6.04. The SMILES string of the molecule is C=C(CC(F)(F)F)C(=O)[O-]. The molecular formula is C5H4F3O2-. The zero-order chi connectivity index (χ0) is 8.36. The molecular weight excluding hydrogens is 149 g/mol. The molecule has 58 valence electrons. The van der Waals surface area contributed by atoms with Crippen molar-refractivity contribution in [1.82, 2.24) is 0 Å². The normalized spacial score (nSPS) is 11.1. The second-order valence-corrected chi connectivity index (χ2v) is 1.68. The molecule has 0 rings (SSSR count). The van der Waals surface area contributed by atoms with Crippen LogP contribution in [-0.4, -0.2) is 12.1 Å². The quantitative estimate of drug-likeness (QED) is 0.533. The maximum absolute atomic E-state index is 11.3. The summed E-state index contributed by atoms with van der Waals surface area (Å²) in [5.74, 6) is -1.86. The Bertz CT molecular complexity index is 159. The Kier molecular flexibility index (Phi) is 2.45. The van der Waals surface area contributed by atoms with E-state index in [9.17, 15) is 23.1 Å². The minimum absolute atomic E-state index is 0.951. The van der Waals surface area contributed by atoms with Crippen molar-refractivity contribution in [2.75, 3.05) is 0 Å². The minimum Gasteiger partial charge on any atom is -0.545 e. The van der Waals surface area contributed by atoms with E-state index < -0.39 is 24.1 Å². The monoisotopic (exact) mass is 153 g/mol. The topological polar surface area (TPSA) is 40.1 Å². The molecule has 0 heterocycles. The van der Waals surface area contributed by atoms with Gasteiger partial charge >= 0.3 is 6.18 Å². The number of hydrogen-bond acceptors (Lipinski definition) is 2. The van der Waals surface area contributed by atoms with E-state index >= 15 is 0 Å². The van der Waals surface area contributed by atoms with E-state index in [1.807, 2.05) is 0 Å². The third kappa shape index (κ3) is 3.94. The Morgan fingerprint density at radius 3 is 2.00 bits per heavy atom. The molecule has 0 aliphatic heterocycles. The molecule has 5 heteroatoms. The van der Waals surface area contributed by atoms with E-state index in [2.05, 4.69) is 6.58 Å². The number of alkyl halides is 3. The summed E-state index contributed by atoms with van der Waals surface area (Å²) in [4.78, 5) is 9.67. The fourth-order valence-electron chi connectivity index (χ4n) is 0.314. The average Bonchev–Trinajstić information content (AvgIpc) is 1.60. The molecule has 2 nitrogen and oxygen atoms in total. The zero-order valence-electron chi connectivity index (χ0n) is 4.86. The fraction of sp³-hybridized carbons (Fsp3) is 0.400.